The lowest BCUT2D eigenvalue weighted by Crippen LogP contribution is -2.45. The topological polar surface area (TPSA) is 20.2 Å². The van der Waals surface area contributed by atoms with Crippen molar-refractivity contribution >= 4 is 11.8 Å². The lowest BCUT2D eigenvalue weighted by molar-refractivity contribution is 0.118. The Bertz CT molecular complexity index is 155. The van der Waals surface area contributed by atoms with Gasteiger partial charge in [-0.3, -0.25) is 0 Å². The van der Waals surface area contributed by atoms with Crippen LogP contribution >= 0.6 is 11.8 Å². The van der Waals surface area contributed by atoms with Gasteiger partial charge in [0.25, 0.3) is 0 Å². The highest BCUT2D eigenvalue weighted by molar-refractivity contribution is 8.00. The molecule has 1 fully saturated rings. The second-order valence-electron chi connectivity index (χ2n) is 3.37. The molecule has 1 atom stereocenters. The molecule has 1 saturated carbocycles. The summed E-state index contributed by atoms with van der Waals surface area (Å²) in [5, 5.41) is 9.78. The third kappa shape index (κ3) is 1.47. The summed E-state index contributed by atoms with van der Waals surface area (Å²) in [6.45, 7) is 5.69. The standard InChI is InChI=1S/C9H16OS/c1-7(2)8(10)9(11-3)5-4-6-9/h8,10H,1,4-6H2,2-3H3. The zero-order chi connectivity index (χ0) is 8.48. The summed E-state index contributed by atoms with van der Waals surface area (Å²) in [5.41, 5.74) is 0.902. The van der Waals surface area contributed by atoms with E-state index in [9.17, 15) is 5.11 Å². The van der Waals surface area contributed by atoms with Gasteiger partial charge in [-0.1, -0.05) is 18.6 Å². The number of aliphatic hydroxyl groups excluding tert-OH is 1. The summed E-state index contributed by atoms with van der Waals surface area (Å²) in [6.07, 6.45) is 5.31. The predicted octanol–water partition coefficient (Wildman–Crippen LogP) is 2.21. The van der Waals surface area contributed by atoms with E-state index in [4.69, 9.17) is 0 Å². The zero-order valence-corrected chi connectivity index (χ0v) is 8.08. The Morgan fingerprint density at radius 3 is 2.27 bits per heavy atom. The second kappa shape index (κ2) is 3.20. The maximum Gasteiger partial charge on any atom is 0.0891 e. The van der Waals surface area contributed by atoms with Gasteiger partial charge in [0.05, 0.1) is 6.10 Å². The van der Waals surface area contributed by atoms with Crippen LogP contribution in [0.2, 0.25) is 0 Å². The summed E-state index contributed by atoms with van der Waals surface area (Å²) in [5.74, 6) is 0. The highest BCUT2D eigenvalue weighted by atomic mass is 32.2. The van der Waals surface area contributed by atoms with Crippen molar-refractivity contribution in [3.63, 3.8) is 0 Å². The molecule has 0 aromatic rings. The van der Waals surface area contributed by atoms with Gasteiger partial charge < -0.3 is 5.11 Å². The third-order valence-electron chi connectivity index (χ3n) is 2.57. The number of aliphatic hydroxyl groups is 1. The van der Waals surface area contributed by atoms with Gasteiger partial charge in [0.1, 0.15) is 0 Å². The van der Waals surface area contributed by atoms with Crippen LogP contribution in [-0.4, -0.2) is 22.2 Å². The normalized spacial score (nSPS) is 23.9. The minimum atomic E-state index is -0.300. The van der Waals surface area contributed by atoms with Crippen molar-refractivity contribution in [2.75, 3.05) is 6.26 Å². The Hall–Kier alpha value is 0.0500. The monoisotopic (exact) mass is 172 g/mol. The maximum absolute atomic E-state index is 9.78. The van der Waals surface area contributed by atoms with Crippen LogP contribution in [0.25, 0.3) is 0 Å². The molecule has 0 aromatic heterocycles. The van der Waals surface area contributed by atoms with Gasteiger partial charge in [-0.2, -0.15) is 11.8 Å². The Morgan fingerprint density at radius 2 is 2.18 bits per heavy atom. The minimum absolute atomic E-state index is 0.117. The van der Waals surface area contributed by atoms with Crippen LogP contribution in [0, 0.1) is 0 Å². The number of thioether (sulfide) groups is 1. The minimum Gasteiger partial charge on any atom is -0.387 e. The lowest BCUT2D eigenvalue weighted by atomic mass is 9.78. The molecule has 0 bridgehead atoms. The van der Waals surface area contributed by atoms with Crippen molar-refractivity contribution in [1.82, 2.24) is 0 Å². The second-order valence-corrected chi connectivity index (χ2v) is 4.59. The van der Waals surface area contributed by atoms with Crippen molar-refractivity contribution in [3.8, 4) is 0 Å². The summed E-state index contributed by atoms with van der Waals surface area (Å²) < 4.78 is 0.117. The van der Waals surface area contributed by atoms with Gasteiger partial charge in [-0.05, 0) is 26.0 Å². The molecule has 0 heterocycles. The SMILES string of the molecule is C=C(C)C(O)C1(SC)CCC1. The average molecular weight is 172 g/mol. The smallest absolute Gasteiger partial charge is 0.0891 e. The predicted molar refractivity (Wildman–Crippen MR) is 50.9 cm³/mol. The van der Waals surface area contributed by atoms with Crippen molar-refractivity contribution < 1.29 is 5.11 Å². The van der Waals surface area contributed by atoms with Gasteiger partial charge in [-0.25, -0.2) is 0 Å². The molecule has 1 N–H and O–H groups in total. The van der Waals surface area contributed by atoms with Crippen LogP contribution < -0.4 is 0 Å². The van der Waals surface area contributed by atoms with E-state index in [1.165, 1.54) is 6.42 Å². The van der Waals surface area contributed by atoms with E-state index in [1.807, 2.05) is 6.92 Å². The fourth-order valence-electron chi connectivity index (χ4n) is 1.56. The van der Waals surface area contributed by atoms with Crippen LogP contribution in [0.5, 0.6) is 0 Å². The number of hydrogen-bond donors (Lipinski definition) is 1. The van der Waals surface area contributed by atoms with Gasteiger partial charge in [-0.15, -0.1) is 0 Å². The van der Waals surface area contributed by atoms with Gasteiger partial charge in [0.15, 0.2) is 0 Å². The Labute approximate surface area is 72.9 Å². The zero-order valence-electron chi connectivity index (χ0n) is 7.26. The average Bonchev–Trinajstić information content (AvgIpc) is 1.86. The van der Waals surface area contributed by atoms with E-state index in [-0.39, 0.29) is 10.9 Å². The molecule has 1 nitrogen and oxygen atoms in total. The summed E-state index contributed by atoms with van der Waals surface area (Å²) in [4.78, 5) is 0. The van der Waals surface area contributed by atoms with Crippen LogP contribution in [0.3, 0.4) is 0 Å². The summed E-state index contributed by atoms with van der Waals surface area (Å²) in [6, 6.07) is 0. The molecular formula is C9H16OS. The van der Waals surface area contributed by atoms with E-state index in [1.54, 1.807) is 11.8 Å². The van der Waals surface area contributed by atoms with E-state index in [0.29, 0.717) is 0 Å². The van der Waals surface area contributed by atoms with E-state index in [0.717, 1.165) is 18.4 Å². The molecule has 0 saturated heterocycles. The van der Waals surface area contributed by atoms with Crippen LogP contribution in [0.4, 0.5) is 0 Å². The molecule has 11 heavy (non-hydrogen) atoms. The Kier molecular flexibility index (Phi) is 2.66. The fraction of sp³-hybridized carbons (Fsp3) is 0.778. The maximum atomic E-state index is 9.78. The molecule has 1 unspecified atom stereocenters. The number of rotatable bonds is 3. The van der Waals surface area contributed by atoms with Gasteiger partial charge in [0.2, 0.25) is 0 Å². The molecule has 1 aliphatic carbocycles. The highest BCUT2D eigenvalue weighted by Crippen LogP contribution is 2.46. The molecule has 64 valence electrons. The first kappa shape index (κ1) is 9.14. The number of hydrogen-bond acceptors (Lipinski definition) is 2. The van der Waals surface area contributed by atoms with Crippen LogP contribution in [-0.2, 0) is 0 Å². The molecule has 1 rings (SSSR count). The highest BCUT2D eigenvalue weighted by Gasteiger charge is 2.42. The van der Waals surface area contributed by atoms with E-state index >= 15 is 0 Å². The Balaban J connectivity index is 2.61. The fourth-order valence-corrected chi connectivity index (χ4v) is 2.68. The molecule has 0 radical (unpaired) electrons. The van der Waals surface area contributed by atoms with Crippen molar-refractivity contribution in [1.29, 1.82) is 0 Å². The first-order valence-electron chi connectivity index (χ1n) is 4.01. The van der Waals surface area contributed by atoms with E-state index < -0.39 is 0 Å². The first-order chi connectivity index (χ1) is 5.12. The molecule has 2 heteroatoms. The van der Waals surface area contributed by atoms with Crippen molar-refractivity contribution in [3.05, 3.63) is 12.2 Å². The van der Waals surface area contributed by atoms with Crippen molar-refractivity contribution in [2.24, 2.45) is 0 Å². The first-order valence-corrected chi connectivity index (χ1v) is 5.23. The third-order valence-corrected chi connectivity index (χ3v) is 4.02. The lowest BCUT2D eigenvalue weighted by Gasteiger charge is -2.44. The molecule has 0 aromatic carbocycles. The van der Waals surface area contributed by atoms with Crippen LogP contribution in [0.15, 0.2) is 12.2 Å². The van der Waals surface area contributed by atoms with Gasteiger partial charge in [0, 0.05) is 4.75 Å². The van der Waals surface area contributed by atoms with Crippen LogP contribution in [0.1, 0.15) is 26.2 Å². The van der Waals surface area contributed by atoms with Gasteiger partial charge >= 0.3 is 0 Å². The quantitative estimate of drug-likeness (QED) is 0.659. The summed E-state index contributed by atoms with van der Waals surface area (Å²) >= 11 is 1.78. The molecule has 0 spiro atoms. The Morgan fingerprint density at radius 1 is 1.64 bits per heavy atom. The van der Waals surface area contributed by atoms with E-state index in [2.05, 4.69) is 12.8 Å². The van der Waals surface area contributed by atoms with Crippen molar-refractivity contribution in [2.45, 2.75) is 37.0 Å². The molecule has 0 amide bonds. The largest absolute Gasteiger partial charge is 0.387 e. The molecule has 1 aliphatic rings. The summed E-state index contributed by atoms with van der Waals surface area (Å²) in [7, 11) is 0. The molecular weight excluding hydrogens is 156 g/mol. The molecule has 0 aliphatic heterocycles.